The second-order valence-electron chi connectivity index (χ2n) is 3.77. The van der Waals surface area contributed by atoms with E-state index < -0.39 is 37.2 Å². The number of carbonyl (C=O) groups is 1. The molecule has 94 valence electrons. The first-order valence-electron chi connectivity index (χ1n) is 5.08. The molecule has 5 atom stereocenters. The van der Waals surface area contributed by atoms with E-state index >= 15 is 0 Å². The average molecular weight is 234 g/mol. The summed E-state index contributed by atoms with van der Waals surface area (Å²) in [7, 11) is 1.60. The van der Waals surface area contributed by atoms with Crippen LogP contribution < -0.4 is 10.6 Å². The second kappa shape index (κ2) is 5.55. The molecule has 1 fully saturated rings. The summed E-state index contributed by atoms with van der Waals surface area (Å²) in [6.07, 6.45) is -3.93. The van der Waals surface area contributed by atoms with Crippen LogP contribution in [0.5, 0.6) is 0 Å². The molecule has 1 saturated heterocycles. The quantitative estimate of drug-likeness (QED) is 0.359. The fourth-order valence-corrected chi connectivity index (χ4v) is 1.76. The Morgan fingerprint density at radius 1 is 1.38 bits per heavy atom. The van der Waals surface area contributed by atoms with E-state index in [1.54, 1.807) is 7.05 Å². The molecule has 0 unspecified atom stereocenters. The zero-order valence-electron chi connectivity index (χ0n) is 9.25. The molecular formula is C9H18N2O5. The number of hydrogen-bond acceptors (Lipinski definition) is 6. The monoisotopic (exact) mass is 234 g/mol. The van der Waals surface area contributed by atoms with Gasteiger partial charge in [-0.25, -0.2) is 0 Å². The summed E-state index contributed by atoms with van der Waals surface area (Å²) in [4.78, 5) is 10.9. The van der Waals surface area contributed by atoms with Gasteiger partial charge in [-0.2, -0.15) is 0 Å². The third kappa shape index (κ3) is 2.69. The highest BCUT2D eigenvalue weighted by atomic mass is 16.5. The number of hydrogen-bond donors (Lipinski definition) is 5. The zero-order valence-corrected chi connectivity index (χ0v) is 9.25. The van der Waals surface area contributed by atoms with E-state index in [-0.39, 0.29) is 5.91 Å². The summed E-state index contributed by atoms with van der Waals surface area (Å²) in [6, 6.07) is -0.750. The molecule has 1 amide bonds. The lowest BCUT2D eigenvalue weighted by atomic mass is 9.96. The molecule has 0 aromatic rings. The van der Waals surface area contributed by atoms with Gasteiger partial charge in [0.15, 0.2) is 0 Å². The maximum absolute atomic E-state index is 10.9. The highest BCUT2D eigenvalue weighted by molar-refractivity contribution is 5.73. The molecule has 0 bridgehead atoms. The molecule has 1 aliphatic heterocycles. The molecule has 0 radical (unpaired) electrons. The minimum absolute atomic E-state index is 0.331. The average Bonchev–Trinajstić information content (AvgIpc) is 2.25. The van der Waals surface area contributed by atoms with E-state index in [0.717, 1.165) is 0 Å². The number of amides is 1. The largest absolute Gasteiger partial charge is 0.394 e. The Morgan fingerprint density at radius 2 is 2.00 bits per heavy atom. The summed E-state index contributed by atoms with van der Waals surface area (Å²) in [6.45, 7) is 0.910. The van der Waals surface area contributed by atoms with Crippen LogP contribution in [0.25, 0.3) is 0 Å². The van der Waals surface area contributed by atoms with Crippen molar-refractivity contribution in [3.8, 4) is 0 Å². The Kier molecular flexibility index (Phi) is 4.63. The standard InChI is InChI=1S/C9H18N2O5/c1-4(13)11-6-8(15)7(14)5(3-12)16-9(6)10-2/h5-10,12,14-15H,3H2,1-2H3,(H,11,13)/t5-,6-,7-,8-,9-/m1/s1. The van der Waals surface area contributed by atoms with Crippen molar-refractivity contribution in [3.63, 3.8) is 0 Å². The molecule has 0 aromatic carbocycles. The Hall–Kier alpha value is -0.730. The lowest BCUT2D eigenvalue weighted by molar-refractivity contribution is -0.201. The normalized spacial score (nSPS) is 39.4. The summed E-state index contributed by atoms with van der Waals surface area (Å²) < 4.78 is 5.30. The molecule has 0 saturated carbocycles. The molecule has 16 heavy (non-hydrogen) atoms. The Labute approximate surface area is 93.4 Å². The molecule has 7 heteroatoms. The first-order valence-corrected chi connectivity index (χ1v) is 5.08. The number of rotatable bonds is 3. The third-order valence-corrected chi connectivity index (χ3v) is 2.58. The predicted octanol–water partition coefficient (Wildman–Crippen LogP) is -2.85. The van der Waals surface area contributed by atoms with Crippen molar-refractivity contribution < 1.29 is 24.9 Å². The first-order chi connectivity index (χ1) is 7.51. The molecule has 0 aliphatic carbocycles. The van der Waals surface area contributed by atoms with Crippen LogP contribution in [0, 0.1) is 0 Å². The summed E-state index contributed by atoms with van der Waals surface area (Å²) >= 11 is 0. The molecule has 1 aliphatic rings. The van der Waals surface area contributed by atoms with Crippen molar-refractivity contribution in [2.45, 2.75) is 37.5 Å². The number of likely N-dealkylation sites (N-methyl/N-ethyl adjacent to an activating group) is 1. The van der Waals surface area contributed by atoms with E-state index in [0.29, 0.717) is 0 Å². The number of carbonyl (C=O) groups excluding carboxylic acids is 1. The first kappa shape index (κ1) is 13.3. The van der Waals surface area contributed by atoms with E-state index in [9.17, 15) is 15.0 Å². The third-order valence-electron chi connectivity index (χ3n) is 2.58. The van der Waals surface area contributed by atoms with Crippen molar-refractivity contribution in [1.82, 2.24) is 10.6 Å². The minimum Gasteiger partial charge on any atom is -0.394 e. The Balaban J connectivity index is 2.77. The predicted molar refractivity (Wildman–Crippen MR) is 54.4 cm³/mol. The van der Waals surface area contributed by atoms with Gasteiger partial charge in [-0.3, -0.25) is 10.1 Å². The van der Waals surface area contributed by atoms with Crippen LogP contribution in [-0.2, 0) is 9.53 Å². The van der Waals surface area contributed by atoms with Crippen LogP contribution in [0.3, 0.4) is 0 Å². The van der Waals surface area contributed by atoms with E-state index in [2.05, 4.69) is 10.6 Å². The zero-order chi connectivity index (χ0) is 12.3. The van der Waals surface area contributed by atoms with Gasteiger partial charge in [-0.05, 0) is 7.05 Å². The van der Waals surface area contributed by atoms with Crippen LogP contribution in [0.15, 0.2) is 0 Å². The van der Waals surface area contributed by atoms with Crippen molar-refractivity contribution in [3.05, 3.63) is 0 Å². The van der Waals surface area contributed by atoms with Gasteiger partial charge in [0.2, 0.25) is 5.91 Å². The lowest BCUT2D eigenvalue weighted by Crippen LogP contribution is -2.66. The Bertz CT molecular complexity index is 248. The van der Waals surface area contributed by atoms with Gasteiger partial charge < -0.3 is 25.4 Å². The number of aliphatic hydroxyl groups is 3. The summed E-state index contributed by atoms with van der Waals surface area (Å²) in [5.74, 6) is -0.331. The summed E-state index contributed by atoms with van der Waals surface area (Å²) in [5.41, 5.74) is 0. The molecule has 5 N–H and O–H groups in total. The Morgan fingerprint density at radius 3 is 2.44 bits per heavy atom. The van der Waals surface area contributed by atoms with E-state index in [1.807, 2.05) is 0 Å². The molecule has 1 rings (SSSR count). The number of ether oxygens (including phenoxy) is 1. The molecule has 1 heterocycles. The molecule has 0 aromatic heterocycles. The van der Waals surface area contributed by atoms with Crippen molar-refractivity contribution in [2.24, 2.45) is 0 Å². The second-order valence-corrected chi connectivity index (χ2v) is 3.77. The smallest absolute Gasteiger partial charge is 0.217 e. The molecule has 0 spiro atoms. The van der Waals surface area contributed by atoms with Gasteiger partial charge in [-0.15, -0.1) is 0 Å². The maximum Gasteiger partial charge on any atom is 0.217 e. The number of aliphatic hydroxyl groups excluding tert-OH is 3. The highest BCUT2D eigenvalue weighted by Gasteiger charge is 2.43. The van der Waals surface area contributed by atoms with Crippen molar-refractivity contribution in [1.29, 1.82) is 0 Å². The van der Waals surface area contributed by atoms with Gasteiger partial charge in [0, 0.05) is 6.92 Å². The van der Waals surface area contributed by atoms with Gasteiger partial charge >= 0.3 is 0 Å². The SMILES string of the molecule is CN[C@@H]1O[C@H](CO)[C@@H](O)[C@H](O)[C@H]1NC(C)=O. The van der Waals surface area contributed by atoms with Crippen LogP contribution in [0.1, 0.15) is 6.92 Å². The van der Waals surface area contributed by atoms with Crippen molar-refractivity contribution >= 4 is 5.91 Å². The summed E-state index contributed by atoms with van der Waals surface area (Å²) in [5, 5.41) is 33.6. The van der Waals surface area contributed by atoms with Gasteiger partial charge in [0.05, 0.1) is 12.6 Å². The number of nitrogens with one attached hydrogen (secondary N) is 2. The minimum atomic E-state index is -1.23. The van der Waals surface area contributed by atoms with Crippen LogP contribution in [0.4, 0.5) is 0 Å². The van der Waals surface area contributed by atoms with Gasteiger partial charge in [0.1, 0.15) is 24.5 Å². The van der Waals surface area contributed by atoms with Gasteiger partial charge in [0.25, 0.3) is 0 Å². The fourth-order valence-electron chi connectivity index (χ4n) is 1.76. The fraction of sp³-hybridized carbons (Fsp3) is 0.889. The van der Waals surface area contributed by atoms with Crippen LogP contribution in [0.2, 0.25) is 0 Å². The van der Waals surface area contributed by atoms with Gasteiger partial charge in [-0.1, -0.05) is 0 Å². The topological polar surface area (TPSA) is 111 Å². The van der Waals surface area contributed by atoms with Crippen molar-refractivity contribution in [2.75, 3.05) is 13.7 Å². The van der Waals surface area contributed by atoms with E-state index in [4.69, 9.17) is 9.84 Å². The van der Waals surface area contributed by atoms with Crippen LogP contribution >= 0.6 is 0 Å². The highest BCUT2D eigenvalue weighted by Crippen LogP contribution is 2.19. The van der Waals surface area contributed by atoms with Crippen LogP contribution in [-0.4, -0.2) is 65.5 Å². The van der Waals surface area contributed by atoms with E-state index in [1.165, 1.54) is 6.92 Å². The maximum atomic E-state index is 10.9. The molecule has 7 nitrogen and oxygen atoms in total. The lowest BCUT2D eigenvalue weighted by Gasteiger charge is -2.42. The molecular weight excluding hydrogens is 216 g/mol.